The molecule has 70 valence electrons. The van der Waals surface area contributed by atoms with Crippen LogP contribution in [0.2, 0.25) is 5.02 Å². The molecule has 1 aromatic rings. The second-order valence-corrected chi connectivity index (χ2v) is 3.92. The Morgan fingerprint density at radius 1 is 1.46 bits per heavy atom. The van der Waals surface area contributed by atoms with E-state index in [2.05, 4.69) is 11.9 Å². The number of rotatable bonds is 2. The second kappa shape index (κ2) is 3.11. The lowest BCUT2D eigenvalue weighted by molar-refractivity contribution is 0.919. The molecule has 0 unspecified atom stereocenters. The van der Waals surface area contributed by atoms with Gasteiger partial charge in [0.25, 0.3) is 0 Å². The molecule has 0 aliphatic heterocycles. The Balaban J connectivity index is 2.32. The largest absolute Gasteiger partial charge is 0.396 e. The number of hydrogen-bond acceptors (Lipinski definition) is 2. The van der Waals surface area contributed by atoms with Crippen molar-refractivity contribution >= 4 is 23.0 Å². The molecule has 0 radical (unpaired) electrons. The Bertz CT molecular complexity index is 321. The molecule has 3 heteroatoms. The third-order valence-corrected chi connectivity index (χ3v) is 2.83. The summed E-state index contributed by atoms with van der Waals surface area (Å²) < 4.78 is 0. The van der Waals surface area contributed by atoms with E-state index in [9.17, 15) is 0 Å². The second-order valence-electron chi connectivity index (χ2n) is 3.51. The minimum atomic E-state index is 0.644. The summed E-state index contributed by atoms with van der Waals surface area (Å²) in [7, 11) is 2.07. The average molecular weight is 197 g/mol. The van der Waals surface area contributed by atoms with E-state index in [1.165, 1.54) is 12.8 Å². The molecule has 13 heavy (non-hydrogen) atoms. The Kier molecular flexibility index (Phi) is 2.08. The zero-order valence-corrected chi connectivity index (χ0v) is 8.38. The molecule has 1 aromatic carbocycles. The average Bonchev–Trinajstić information content (AvgIpc) is 2.91. The van der Waals surface area contributed by atoms with Crippen LogP contribution in [0, 0.1) is 0 Å². The van der Waals surface area contributed by atoms with Gasteiger partial charge in [0.1, 0.15) is 0 Å². The number of hydrogen-bond donors (Lipinski definition) is 1. The van der Waals surface area contributed by atoms with Crippen LogP contribution in [0.3, 0.4) is 0 Å². The van der Waals surface area contributed by atoms with Gasteiger partial charge in [-0.1, -0.05) is 17.7 Å². The summed E-state index contributed by atoms with van der Waals surface area (Å²) >= 11 is 5.93. The normalized spacial score (nSPS) is 15.8. The first-order valence-electron chi connectivity index (χ1n) is 4.47. The van der Waals surface area contributed by atoms with Crippen LogP contribution >= 0.6 is 11.6 Å². The van der Waals surface area contributed by atoms with Gasteiger partial charge < -0.3 is 10.6 Å². The summed E-state index contributed by atoms with van der Waals surface area (Å²) in [4.78, 5) is 2.21. The molecule has 0 amide bonds. The van der Waals surface area contributed by atoms with E-state index in [1.54, 1.807) is 0 Å². The first-order chi connectivity index (χ1) is 6.20. The molecule has 0 bridgehead atoms. The fraction of sp³-hybridized carbons (Fsp3) is 0.400. The van der Waals surface area contributed by atoms with Crippen molar-refractivity contribution in [3.8, 4) is 0 Å². The number of benzene rings is 1. The van der Waals surface area contributed by atoms with Gasteiger partial charge in [-0.2, -0.15) is 0 Å². The quantitative estimate of drug-likeness (QED) is 0.737. The number of nitrogens with zero attached hydrogens (tertiary/aromatic N) is 1. The first-order valence-corrected chi connectivity index (χ1v) is 4.85. The van der Waals surface area contributed by atoms with Crippen LogP contribution < -0.4 is 10.6 Å². The molecule has 0 aromatic heterocycles. The van der Waals surface area contributed by atoms with Gasteiger partial charge in [-0.05, 0) is 25.0 Å². The molecule has 0 saturated heterocycles. The fourth-order valence-corrected chi connectivity index (χ4v) is 1.66. The van der Waals surface area contributed by atoms with Crippen LogP contribution in [0.1, 0.15) is 12.8 Å². The molecule has 2 rings (SSSR count). The number of halogens is 1. The van der Waals surface area contributed by atoms with Gasteiger partial charge in [0.05, 0.1) is 16.4 Å². The molecule has 1 fully saturated rings. The van der Waals surface area contributed by atoms with Crippen molar-refractivity contribution < 1.29 is 0 Å². The summed E-state index contributed by atoms with van der Waals surface area (Å²) in [6.45, 7) is 0. The van der Waals surface area contributed by atoms with Gasteiger partial charge in [0.2, 0.25) is 0 Å². The van der Waals surface area contributed by atoms with Crippen LogP contribution in [-0.4, -0.2) is 13.1 Å². The van der Waals surface area contributed by atoms with Gasteiger partial charge in [-0.25, -0.2) is 0 Å². The van der Waals surface area contributed by atoms with E-state index < -0.39 is 0 Å². The lowest BCUT2D eigenvalue weighted by Crippen LogP contribution is -2.20. The molecule has 1 aliphatic rings. The van der Waals surface area contributed by atoms with Gasteiger partial charge in [-0.3, -0.25) is 0 Å². The lowest BCUT2D eigenvalue weighted by atomic mass is 10.2. The van der Waals surface area contributed by atoms with E-state index in [0.717, 1.165) is 5.69 Å². The van der Waals surface area contributed by atoms with Gasteiger partial charge in [0, 0.05) is 13.1 Å². The predicted molar refractivity (Wildman–Crippen MR) is 57.3 cm³/mol. The smallest absolute Gasteiger partial charge is 0.0741 e. The van der Waals surface area contributed by atoms with Crippen LogP contribution in [0.25, 0.3) is 0 Å². The molecule has 0 heterocycles. The van der Waals surface area contributed by atoms with Crippen molar-refractivity contribution in [2.45, 2.75) is 18.9 Å². The van der Waals surface area contributed by atoms with Crippen molar-refractivity contribution in [1.29, 1.82) is 0 Å². The molecule has 1 saturated carbocycles. The Hall–Kier alpha value is -0.890. The van der Waals surface area contributed by atoms with E-state index in [-0.39, 0.29) is 0 Å². The Morgan fingerprint density at radius 3 is 2.77 bits per heavy atom. The Morgan fingerprint density at radius 2 is 2.15 bits per heavy atom. The van der Waals surface area contributed by atoms with E-state index in [1.807, 2.05) is 18.2 Å². The minimum absolute atomic E-state index is 0.644. The van der Waals surface area contributed by atoms with E-state index in [4.69, 9.17) is 17.3 Å². The highest BCUT2D eigenvalue weighted by atomic mass is 35.5. The number of para-hydroxylation sites is 1. The van der Waals surface area contributed by atoms with Crippen molar-refractivity contribution in [1.82, 2.24) is 0 Å². The van der Waals surface area contributed by atoms with Gasteiger partial charge >= 0.3 is 0 Å². The highest BCUT2D eigenvalue weighted by Crippen LogP contribution is 2.35. The first kappa shape index (κ1) is 8.70. The topological polar surface area (TPSA) is 29.3 Å². The van der Waals surface area contributed by atoms with Gasteiger partial charge in [0.15, 0.2) is 0 Å². The zero-order valence-electron chi connectivity index (χ0n) is 7.63. The van der Waals surface area contributed by atoms with Crippen LogP contribution in [-0.2, 0) is 0 Å². The van der Waals surface area contributed by atoms with Crippen LogP contribution in [0.5, 0.6) is 0 Å². The summed E-state index contributed by atoms with van der Waals surface area (Å²) in [5.74, 6) is 0. The standard InChI is InChI=1S/C10H13ClN2/c1-13(7-5-6-7)9-4-2-3-8(11)10(9)12/h2-4,7H,5-6,12H2,1H3. The van der Waals surface area contributed by atoms with Crippen molar-refractivity contribution in [2.24, 2.45) is 0 Å². The number of anilines is 2. The highest BCUT2D eigenvalue weighted by molar-refractivity contribution is 6.33. The molecule has 2 nitrogen and oxygen atoms in total. The number of nitrogen functional groups attached to an aromatic ring is 1. The molecule has 0 spiro atoms. The molecule has 0 atom stereocenters. The van der Waals surface area contributed by atoms with Crippen LogP contribution in [0.4, 0.5) is 11.4 Å². The molecular formula is C10H13ClN2. The maximum atomic E-state index is 5.93. The summed E-state index contributed by atoms with van der Waals surface area (Å²) in [6, 6.07) is 6.44. The fourth-order valence-electron chi connectivity index (χ4n) is 1.49. The number of nitrogens with two attached hydrogens (primary N) is 1. The summed E-state index contributed by atoms with van der Waals surface area (Å²) in [5, 5.41) is 0.644. The van der Waals surface area contributed by atoms with E-state index >= 15 is 0 Å². The Labute approximate surface area is 83.3 Å². The molecule has 1 aliphatic carbocycles. The van der Waals surface area contributed by atoms with Crippen molar-refractivity contribution in [3.63, 3.8) is 0 Å². The maximum Gasteiger partial charge on any atom is 0.0741 e. The maximum absolute atomic E-state index is 5.93. The highest BCUT2D eigenvalue weighted by Gasteiger charge is 2.27. The molecular weight excluding hydrogens is 184 g/mol. The predicted octanol–water partition coefficient (Wildman–Crippen LogP) is 2.52. The monoisotopic (exact) mass is 196 g/mol. The SMILES string of the molecule is CN(c1cccc(Cl)c1N)C1CC1. The van der Waals surface area contributed by atoms with Crippen molar-refractivity contribution in [3.05, 3.63) is 23.2 Å². The molecule has 2 N–H and O–H groups in total. The van der Waals surface area contributed by atoms with E-state index in [0.29, 0.717) is 16.8 Å². The zero-order chi connectivity index (χ0) is 9.42. The van der Waals surface area contributed by atoms with Crippen LogP contribution in [0.15, 0.2) is 18.2 Å². The summed E-state index contributed by atoms with van der Waals surface area (Å²) in [5.41, 5.74) is 7.62. The lowest BCUT2D eigenvalue weighted by Gasteiger charge is -2.20. The summed E-state index contributed by atoms with van der Waals surface area (Å²) in [6.07, 6.45) is 2.53. The van der Waals surface area contributed by atoms with Gasteiger partial charge in [-0.15, -0.1) is 0 Å². The minimum Gasteiger partial charge on any atom is -0.396 e. The van der Waals surface area contributed by atoms with Crippen molar-refractivity contribution in [2.75, 3.05) is 17.7 Å². The third-order valence-electron chi connectivity index (χ3n) is 2.50. The third kappa shape index (κ3) is 1.59.